The Kier molecular flexibility index (Phi) is 6.29. The number of nitrogens with two attached hydrogens (primary N) is 1. The Labute approximate surface area is 177 Å². The van der Waals surface area contributed by atoms with Gasteiger partial charge in [-0.1, -0.05) is 6.92 Å². The van der Waals surface area contributed by atoms with Gasteiger partial charge in [0.05, 0.1) is 6.54 Å². The third kappa shape index (κ3) is 4.19. The van der Waals surface area contributed by atoms with Crippen LogP contribution in [0.1, 0.15) is 19.0 Å². The zero-order valence-electron chi connectivity index (χ0n) is 17.2. The van der Waals surface area contributed by atoms with Gasteiger partial charge in [0.1, 0.15) is 24.1 Å². The number of anilines is 1. The van der Waals surface area contributed by atoms with E-state index in [0.29, 0.717) is 25.3 Å². The van der Waals surface area contributed by atoms with Crippen molar-refractivity contribution in [3.05, 3.63) is 11.9 Å². The van der Waals surface area contributed by atoms with Gasteiger partial charge in [-0.2, -0.15) is 9.37 Å². The van der Waals surface area contributed by atoms with Gasteiger partial charge in [-0.3, -0.25) is 9.36 Å². The number of nitrogens with one attached hydrogen (secondary N) is 2. The van der Waals surface area contributed by atoms with Crippen LogP contribution in [0.2, 0.25) is 0 Å². The molecule has 0 aliphatic carbocycles. The number of aryl methyl sites for hydroxylation is 1. The molecule has 170 valence electrons. The predicted molar refractivity (Wildman–Crippen MR) is 107 cm³/mol. The molecule has 4 atom stereocenters. The van der Waals surface area contributed by atoms with Gasteiger partial charge in [0.25, 0.3) is 6.08 Å². The van der Waals surface area contributed by atoms with Crippen molar-refractivity contribution in [1.82, 2.24) is 35.1 Å². The zero-order chi connectivity index (χ0) is 22.1. The highest BCUT2D eigenvalue weighted by Crippen LogP contribution is 2.33. The number of aromatic nitrogens is 4. The molecule has 0 unspecified atom stereocenters. The van der Waals surface area contributed by atoms with E-state index in [1.54, 1.807) is 4.90 Å². The highest BCUT2D eigenvalue weighted by molar-refractivity contribution is 5.81. The molecular formula is C18H27FN8O4. The second-order valence-electron chi connectivity index (χ2n) is 7.61. The number of piperazine rings is 1. The van der Waals surface area contributed by atoms with Crippen molar-refractivity contribution < 1.29 is 24.1 Å². The number of fused-ring (bicyclic) bond motifs is 1. The summed E-state index contributed by atoms with van der Waals surface area (Å²) in [4.78, 5) is 26.1. The molecule has 4 rings (SSSR count). The van der Waals surface area contributed by atoms with Crippen LogP contribution in [-0.2, 0) is 16.0 Å². The van der Waals surface area contributed by atoms with E-state index in [9.17, 15) is 19.4 Å². The number of ether oxygens (including phenoxy) is 1. The lowest BCUT2D eigenvalue weighted by molar-refractivity contribution is -0.130. The molecule has 0 saturated carbocycles. The number of carbonyl (C=O) groups is 1. The van der Waals surface area contributed by atoms with Crippen molar-refractivity contribution in [2.45, 2.75) is 37.9 Å². The third-order valence-corrected chi connectivity index (χ3v) is 5.57. The van der Waals surface area contributed by atoms with Crippen LogP contribution in [-0.4, -0.2) is 98.1 Å². The van der Waals surface area contributed by atoms with Gasteiger partial charge in [-0.25, -0.2) is 9.97 Å². The number of rotatable bonds is 6. The molecule has 0 aromatic carbocycles. The summed E-state index contributed by atoms with van der Waals surface area (Å²) in [6.07, 6.45) is -5.33. The van der Waals surface area contributed by atoms with Crippen LogP contribution in [0.15, 0.2) is 0 Å². The van der Waals surface area contributed by atoms with E-state index in [4.69, 9.17) is 10.5 Å². The largest absolute Gasteiger partial charge is 0.387 e. The first-order valence-corrected chi connectivity index (χ1v) is 10.3. The number of imidazole rings is 1. The number of nitrogens with zero attached hydrogens (tertiary/aromatic N) is 5. The van der Waals surface area contributed by atoms with Crippen LogP contribution in [0.5, 0.6) is 0 Å². The standard InChI is InChI=1S/C18H27FN8O4/c1-2-10-23-15(20)12-16(24-10)27(18(19)25-12)17-14(30)13(29)9(31-17)7-22-8-11(28)26-5-3-21-4-6-26/h9,13-14,17,21-22,29-30H,2-8H2,1H3,(H2,20,23,24)/t9-,13-,14-,17-/m1/s1. The molecule has 0 spiro atoms. The molecule has 2 aromatic rings. The number of halogens is 1. The van der Waals surface area contributed by atoms with Crippen LogP contribution in [0.3, 0.4) is 0 Å². The average molecular weight is 438 g/mol. The molecule has 0 radical (unpaired) electrons. The van der Waals surface area contributed by atoms with E-state index < -0.39 is 30.6 Å². The molecular weight excluding hydrogens is 411 g/mol. The fourth-order valence-corrected chi connectivity index (χ4v) is 3.86. The Balaban J connectivity index is 1.46. The average Bonchev–Trinajstić information content (AvgIpc) is 3.25. The molecule has 2 aromatic heterocycles. The molecule has 1 amide bonds. The molecule has 12 nitrogen and oxygen atoms in total. The van der Waals surface area contributed by atoms with Crippen molar-refractivity contribution >= 4 is 22.9 Å². The van der Waals surface area contributed by atoms with Crippen LogP contribution in [0, 0.1) is 6.08 Å². The highest BCUT2D eigenvalue weighted by atomic mass is 19.1. The number of hydrogen-bond donors (Lipinski definition) is 5. The SMILES string of the molecule is CCc1nc(N)c2nc(F)n([C@@H]3O[C@H](CNCC(=O)N4CCNCC4)[C@@H](O)[C@H]3O)c2n1. The lowest BCUT2D eigenvalue weighted by Crippen LogP contribution is -2.50. The van der Waals surface area contributed by atoms with Gasteiger partial charge in [-0.05, 0) is 0 Å². The summed E-state index contributed by atoms with van der Waals surface area (Å²) in [6, 6.07) is 0. The van der Waals surface area contributed by atoms with Crippen molar-refractivity contribution in [2.75, 3.05) is 45.0 Å². The van der Waals surface area contributed by atoms with Crippen LogP contribution < -0.4 is 16.4 Å². The fourth-order valence-electron chi connectivity index (χ4n) is 3.86. The lowest BCUT2D eigenvalue weighted by atomic mass is 10.1. The second-order valence-corrected chi connectivity index (χ2v) is 7.61. The normalized spacial score (nSPS) is 26.6. The summed E-state index contributed by atoms with van der Waals surface area (Å²) in [6.45, 7) is 4.77. The molecule has 2 fully saturated rings. The monoisotopic (exact) mass is 438 g/mol. The van der Waals surface area contributed by atoms with E-state index in [-0.39, 0.29) is 36.0 Å². The lowest BCUT2D eigenvalue weighted by Gasteiger charge is -2.27. The summed E-state index contributed by atoms with van der Waals surface area (Å²) in [5.41, 5.74) is 6.00. The zero-order valence-corrected chi connectivity index (χ0v) is 17.2. The Morgan fingerprint density at radius 3 is 2.74 bits per heavy atom. The molecule has 2 saturated heterocycles. The van der Waals surface area contributed by atoms with Gasteiger partial charge < -0.3 is 36.2 Å². The number of nitrogen functional groups attached to an aromatic ring is 1. The van der Waals surface area contributed by atoms with E-state index >= 15 is 0 Å². The fraction of sp³-hybridized carbons (Fsp3) is 0.667. The molecule has 6 N–H and O–H groups in total. The van der Waals surface area contributed by atoms with Gasteiger partial charge in [0, 0.05) is 39.1 Å². The minimum Gasteiger partial charge on any atom is -0.387 e. The van der Waals surface area contributed by atoms with Crippen LogP contribution in [0.25, 0.3) is 11.2 Å². The van der Waals surface area contributed by atoms with Crippen molar-refractivity contribution in [1.29, 1.82) is 0 Å². The van der Waals surface area contributed by atoms with Gasteiger partial charge >= 0.3 is 0 Å². The molecule has 13 heteroatoms. The van der Waals surface area contributed by atoms with E-state index in [2.05, 4.69) is 25.6 Å². The first-order valence-electron chi connectivity index (χ1n) is 10.3. The van der Waals surface area contributed by atoms with E-state index in [1.165, 1.54) is 0 Å². The van der Waals surface area contributed by atoms with Crippen molar-refractivity contribution in [2.24, 2.45) is 0 Å². The summed E-state index contributed by atoms with van der Waals surface area (Å²) < 4.78 is 21.4. The minimum absolute atomic E-state index is 0.0252. The van der Waals surface area contributed by atoms with Gasteiger partial charge in [0.15, 0.2) is 23.2 Å². The van der Waals surface area contributed by atoms with Gasteiger partial charge in [-0.15, -0.1) is 0 Å². The third-order valence-electron chi connectivity index (χ3n) is 5.57. The smallest absolute Gasteiger partial charge is 0.293 e. The van der Waals surface area contributed by atoms with E-state index in [1.807, 2.05) is 6.92 Å². The molecule has 0 bridgehead atoms. The number of hydrogen-bond acceptors (Lipinski definition) is 10. The molecule has 2 aliphatic rings. The van der Waals surface area contributed by atoms with Crippen LogP contribution >= 0.6 is 0 Å². The summed E-state index contributed by atoms with van der Waals surface area (Å²) in [7, 11) is 0. The first-order chi connectivity index (χ1) is 14.9. The Morgan fingerprint density at radius 1 is 1.29 bits per heavy atom. The van der Waals surface area contributed by atoms with Crippen molar-refractivity contribution in [3.63, 3.8) is 0 Å². The number of carbonyl (C=O) groups excluding carboxylic acids is 1. The first kappa shape index (κ1) is 21.8. The number of aliphatic hydroxyl groups excluding tert-OH is 2. The number of amides is 1. The molecule has 2 aliphatic heterocycles. The maximum Gasteiger partial charge on any atom is 0.293 e. The Bertz CT molecular complexity index is 950. The maximum absolute atomic E-state index is 14.6. The minimum atomic E-state index is -1.43. The molecule has 4 heterocycles. The summed E-state index contributed by atoms with van der Waals surface area (Å²) in [5, 5.41) is 27.1. The van der Waals surface area contributed by atoms with Gasteiger partial charge in [0.2, 0.25) is 5.91 Å². The molecule has 31 heavy (non-hydrogen) atoms. The Morgan fingerprint density at radius 2 is 2.03 bits per heavy atom. The quantitative estimate of drug-likeness (QED) is 0.311. The summed E-state index contributed by atoms with van der Waals surface area (Å²) >= 11 is 0. The highest BCUT2D eigenvalue weighted by Gasteiger charge is 2.45. The number of aliphatic hydroxyl groups is 2. The predicted octanol–water partition coefficient (Wildman–Crippen LogP) is -2.25. The second kappa shape index (κ2) is 8.96. The van der Waals surface area contributed by atoms with Crippen LogP contribution in [0.4, 0.5) is 10.2 Å². The Hall–Kier alpha value is -2.45. The summed E-state index contributed by atoms with van der Waals surface area (Å²) in [5.74, 6) is 0.359. The maximum atomic E-state index is 14.6. The topological polar surface area (TPSA) is 164 Å². The van der Waals surface area contributed by atoms with Crippen molar-refractivity contribution in [3.8, 4) is 0 Å². The van der Waals surface area contributed by atoms with E-state index in [0.717, 1.165) is 17.7 Å².